The van der Waals surface area contributed by atoms with Gasteiger partial charge in [0.15, 0.2) is 20.6 Å². The van der Waals surface area contributed by atoms with E-state index < -0.39 is 9.84 Å². The van der Waals surface area contributed by atoms with Gasteiger partial charge in [0.2, 0.25) is 5.91 Å². The van der Waals surface area contributed by atoms with Crippen LogP contribution >= 0.6 is 11.3 Å². The smallest absolute Gasteiger partial charge is 0.266 e. The third-order valence-corrected chi connectivity index (χ3v) is 6.62. The van der Waals surface area contributed by atoms with Gasteiger partial charge in [-0.2, -0.15) is 0 Å². The Hall–Kier alpha value is -3.05. The van der Waals surface area contributed by atoms with Gasteiger partial charge in [0.25, 0.3) is 5.56 Å². The average Bonchev–Trinajstić information content (AvgIpc) is 3.19. The van der Waals surface area contributed by atoms with E-state index in [2.05, 4.69) is 20.4 Å². The SMILES string of the molecule is Cc1nc2cc(=O)[nH]n2c(C)c1CC(=O)Nc1nc2ccc(S(C)(=O)=O)cc2s1. The van der Waals surface area contributed by atoms with Crippen LogP contribution in [0.25, 0.3) is 15.9 Å². The van der Waals surface area contributed by atoms with Gasteiger partial charge in [-0.25, -0.2) is 22.9 Å². The quantitative estimate of drug-likeness (QED) is 0.508. The molecule has 3 heterocycles. The molecule has 0 radical (unpaired) electrons. The number of H-pyrrole nitrogens is 1. The second kappa shape index (κ2) is 6.78. The van der Waals surface area contributed by atoms with E-state index in [0.717, 1.165) is 11.9 Å². The number of hydrogen-bond acceptors (Lipinski definition) is 7. The molecular formula is C18H17N5O4S2. The molecule has 1 aromatic carbocycles. The van der Waals surface area contributed by atoms with Crippen LogP contribution in [-0.4, -0.2) is 40.2 Å². The first-order valence-corrected chi connectivity index (χ1v) is 11.3. The average molecular weight is 431 g/mol. The molecule has 29 heavy (non-hydrogen) atoms. The van der Waals surface area contributed by atoms with Crippen molar-refractivity contribution in [2.45, 2.75) is 25.2 Å². The fourth-order valence-corrected chi connectivity index (χ4v) is 4.77. The zero-order valence-corrected chi connectivity index (χ0v) is 17.4. The summed E-state index contributed by atoms with van der Waals surface area (Å²) in [5.74, 6) is -0.283. The minimum atomic E-state index is -3.32. The van der Waals surface area contributed by atoms with E-state index in [1.807, 2.05) is 6.92 Å². The van der Waals surface area contributed by atoms with Crippen molar-refractivity contribution in [3.8, 4) is 0 Å². The van der Waals surface area contributed by atoms with Crippen LogP contribution in [0.5, 0.6) is 0 Å². The number of aryl methyl sites for hydroxylation is 2. The van der Waals surface area contributed by atoms with Crippen molar-refractivity contribution in [2.75, 3.05) is 11.6 Å². The normalized spacial score (nSPS) is 12.0. The van der Waals surface area contributed by atoms with E-state index in [9.17, 15) is 18.0 Å². The van der Waals surface area contributed by atoms with Crippen molar-refractivity contribution in [1.29, 1.82) is 0 Å². The molecule has 150 valence electrons. The number of hydrogen-bond donors (Lipinski definition) is 2. The van der Waals surface area contributed by atoms with E-state index >= 15 is 0 Å². The van der Waals surface area contributed by atoms with Crippen molar-refractivity contribution in [2.24, 2.45) is 0 Å². The van der Waals surface area contributed by atoms with Gasteiger partial charge in [-0.05, 0) is 32.0 Å². The third kappa shape index (κ3) is 3.66. The number of thiazole rings is 1. The molecule has 3 aromatic heterocycles. The summed E-state index contributed by atoms with van der Waals surface area (Å²) in [5, 5.41) is 5.80. The van der Waals surface area contributed by atoms with Crippen LogP contribution in [-0.2, 0) is 21.1 Å². The second-order valence-electron chi connectivity index (χ2n) is 6.72. The van der Waals surface area contributed by atoms with Gasteiger partial charge in [-0.1, -0.05) is 11.3 Å². The van der Waals surface area contributed by atoms with E-state index in [0.29, 0.717) is 32.3 Å². The number of carbonyl (C=O) groups is 1. The van der Waals surface area contributed by atoms with Gasteiger partial charge < -0.3 is 5.32 Å². The summed E-state index contributed by atoms with van der Waals surface area (Å²) in [6.45, 7) is 3.60. The van der Waals surface area contributed by atoms with Gasteiger partial charge >= 0.3 is 0 Å². The lowest BCUT2D eigenvalue weighted by Crippen LogP contribution is -2.17. The molecule has 2 N–H and O–H groups in total. The van der Waals surface area contributed by atoms with Gasteiger partial charge in [-0.15, -0.1) is 0 Å². The van der Waals surface area contributed by atoms with Gasteiger partial charge in [-0.3, -0.25) is 14.7 Å². The maximum Gasteiger partial charge on any atom is 0.266 e. The van der Waals surface area contributed by atoms with E-state index in [-0.39, 0.29) is 22.8 Å². The highest BCUT2D eigenvalue weighted by atomic mass is 32.2. The highest BCUT2D eigenvalue weighted by Crippen LogP contribution is 2.28. The lowest BCUT2D eigenvalue weighted by molar-refractivity contribution is -0.115. The van der Waals surface area contributed by atoms with Crippen molar-refractivity contribution < 1.29 is 13.2 Å². The minimum absolute atomic E-state index is 0.0608. The van der Waals surface area contributed by atoms with Gasteiger partial charge in [0.05, 0.1) is 21.5 Å². The molecule has 0 spiro atoms. The van der Waals surface area contributed by atoms with E-state index in [1.165, 1.54) is 23.5 Å². The van der Waals surface area contributed by atoms with Crippen molar-refractivity contribution >= 4 is 48.1 Å². The van der Waals surface area contributed by atoms with Crippen LogP contribution in [0.3, 0.4) is 0 Å². The molecule has 0 unspecified atom stereocenters. The molecule has 0 aliphatic heterocycles. The highest BCUT2D eigenvalue weighted by Gasteiger charge is 2.16. The summed E-state index contributed by atoms with van der Waals surface area (Å²) >= 11 is 1.20. The number of aromatic nitrogens is 4. The number of anilines is 1. The molecular weight excluding hydrogens is 414 g/mol. The monoisotopic (exact) mass is 431 g/mol. The molecule has 0 saturated heterocycles. The zero-order valence-electron chi connectivity index (χ0n) is 15.8. The molecule has 4 rings (SSSR count). The van der Waals surface area contributed by atoms with Gasteiger partial charge in [0.1, 0.15) is 0 Å². The molecule has 4 aromatic rings. The summed E-state index contributed by atoms with van der Waals surface area (Å²) < 4.78 is 25.6. The Morgan fingerprint density at radius 1 is 1.24 bits per heavy atom. The maximum absolute atomic E-state index is 12.6. The molecule has 0 aliphatic carbocycles. The third-order valence-electron chi connectivity index (χ3n) is 4.57. The molecule has 1 amide bonds. The van der Waals surface area contributed by atoms with Crippen molar-refractivity contribution in [3.63, 3.8) is 0 Å². The predicted octanol–water partition coefficient (Wildman–Crippen LogP) is 1.83. The summed E-state index contributed by atoms with van der Waals surface area (Å²) in [6.07, 6.45) is 1.21. The van der Waals surface area contributed by atoms with Crippen LogP contribution in [0.4, 0.5) is 5.13 Å². The van der Waals surface area contributed by atoms with Crippen molar-refractivity contribution in [1.82, 2.24) is 19.6 Å². The van der Waals surface area contributed by atoms with E-state index in [1.54, 1.807) is 23.6 Å². The summed E-state index contributed by atoms with van der Waals surface area (Å²) in [6, 6.07) is 6.06. The Balaban J connectivity index is 1.60. The number of sulfone groups is 1. The number of aromatic amines is 1. The largest absolute Gasteiger partial charge is 0.302 e. The number of carbonyl (C=O) groups excluding carboxylic acids is 1. The molecule has 0 bridgehead atoms. The Labute approximate surface area is 169 Å². The lowest BCUT2D eigenvalue weighted by Gasteiger charge is -2.10. The molecule has 0 atom stereocenters. The second-order valence-corrected chi connectivity index (χ2v) is 9.77. The fourth-order valence-electron chi connectivity index (χ4n) is 3.12. The maximum atomic E-state index is 12.6. The Kier molecular flexibility index (Phi) is 4.50. The molecule has 0 fully saturated rings. The van der Waals surface area contributed by atoms with Crippen LogP contribution in [0.15, 0.2) is 34.0 Å². The van der Waals surface area contributed by atoms with Crippen molar-refractivity contribution in [3.05, 3.63) is 51.6 Å². The predicted molar refractivity (Wildman–Crippen MR) is 110 cm³/mol. The molecule has 11 heteroatoms. The Morgan fingerprint density at radius 2 is 2.00 bits per heavy atom. The van der Waals surface area contributed by atoms with Crippen LogP contribution < -0.4 is 10.9 Å². The van der Waals surface area contributed by atoms with Gasteiger partial charge in [0, 0.05) is 29.3 Å². The first-order chi connectivity index (χ1) is 13.6. The number of nitrogens with one attached hydrogen (secondary N) is 2. The first-order valence-electron chi connectivity index (χ1n) is 8.60. The number of benzene rings is 1. The number of fused-ring (bicyclic) bond motifs is 2. The van der Waals surface area contributed by atoms with Crippen LogP contribution in [0.1, 0.15) is 17.0 Å². The summed E-state index contributed by atoms with van der Waals surface area (Å²) in [4.78, 5) is 33.1. The standard InChI is InChI=1S/C18H17N5O4S2/c1-9-12(10(2)23-15(19-9)8-17(25)22-23)7-16(24)21-18-20-13-5-4-11(29(3,26)27)6-14(13)28-18/h4-6,8H,7H2,1-3H3,(H,22,25)(H,20,21,24). The fraction of sp³-hybridized carbons (Fsp3) is 0.222. The topological polar surface area (TPSA) is 126 Å². The number of nitrogens with zero attached hydrogens (tertiary/aromatic N) is 3. The highest BCUT2D eigenvalue weighted by molar-refractivity contribution is 7.90. The Morgan fingerprint density at radius 3 is 2.72 bits per heavy atom. The summed E-state index contributed by atoms with van der Waals surface area (Å²) in [5.41, 5.74) is 2.96. The Bertz CT molecular complexity index is 1450. The zero-order chi connectivity index (χ0) is 20.9. The summed E-state index contributed by atoms with van der Waals surface area (Å²) in [7, 11) is -3.32. The van der Waals surface area contributed by atoms with E-state index in [4.69, 9.17) is 0 Å². The number of rotatable bonds is 4. The lowest BCUT2D eigenvalue weighted by atomic mass is 10.1. The minimum Gasteiger partial charge on any atom is -0.302 e. The molecule has 9 nitrogen and oxygen atoms in total. The van der Waals surface area contributed by atoms with Crippen LogP contribution in [0, 0.1) is 13.8 Å². The molecule has 0 saturated carbocycles. The van der Waals surface area contributed by atoms with Crippen LogP contribution in [0.2, 0.25) is 0 Å². The number of amides is 1. The molecule has 0 aliphatic rings. The first kappa shape index (κ1) is 19.3.